The fourth-order valence-corrected chi connectivity index (χ4v) is 5.80. The highest BCUT2D eigenvalue weighted by Crippen LogP contribution is 2.38. The minimum Gasteiger partial charge on any atom is -0.444 e. The van der Waals surface area contributed by atoms with Crippen molar-refractivity contribution in [3.05, 3.63) is 35.0 Å². The normalized spacial score (nSPS) is 21.3. The van der Waals surface area contributed by atoms with E-state index in [0.29, 0.717) is 55.9 Å². The number of nitrogens with one attached hydrogen (secondary N) is 2. The number of likely N-dealkylation sites (tertiary alicyclic amines) is 1. The lowest BCUT2D eigenvalue weighted by molar-refractivity contribution is -0.122. The highest BCUT2D eigenvalue weighted by atomic mass is 35.5. The Labute approximate surface area is 247 Å². The smallest absolute Gasteiger partial charge is 0.410 e. The van der Waals surface area contributed by atoms with Gasteiger partial charge in [0.2, 0.25) is 17.8 Å². The summed E-state index contributed by atoms with van der Waals surface area (Å²) in [5.74, 6) is -1.60. The third-order valence-corrected chi connectivity index (χ3v) is 7.85. The average Bonchev–Trinajstić information content (AvgIpc) is 3.27. The minimum absolute atomic E-state index is 0.101. The van der Waals surface area contributed by atoms with E-state index in [1.54, 1.807) is 11.1 Å². The predicted molar refractivity (Wildman–Crippen MR) is 155 cm³/mol. The van der Waals surface area contributed by atoms with Crippen LogP contribution < -0.4 is 16.4 Å². The van der Waals surface area contributed by atoms with Crippen LogP contribution in [0.25, 0.3) is 11.2 Å². The maximum absolute atomic E-state index is 14.7. The van der Waals surface area contributed by atoms with Gasteiger partial charge in [-0.1, -0.05) is 11.6 Å². The van der Waals surface area contributed by atoms with Crippen LogP contribution in [0.15, 0.2) is 18.3 Å². The molecule has 11 nitrogen and oxygen atoms in total. The number of hydrogen-bond acceptors (Lipinski definition) is 8. The van der Waals surface area contributed by atoms with Gasteiger partial charge in [0.05, 0.1) is 16.9 Å². The quantitative estimate of drug-likeness (QED) is 0.334. The monoisotopic (exact) mass is 604 g/mol. The molecule has 1 aliphatic carbocycles. The molecule has 42 heavy (non-hydrogen) atoms. The average molecular weight is 605 g/mol. The van der Waals surface area contributed by atoms with Crippen molar-refractivity contribution < 1.29 is 23.1 Å². The number of hydrogen-bond donors (Lipinski definition) is 3. The third kappa shape index (κ3) is 6.66. The summed E-state index contributed by atoms with van der Waals surface area (Å²) in [6, 6.07) is 1.53. The number of benzene rings is 1. The fraction of sp³-hybridized carbons (Fsp3) is 0.536. The second kappa shape index (κ2) is 11.9. The molecule has 0 bridgehead atoms. The van der Waals surface area contributed by atoms with Crippen LogP contribution in [0.4, 0.5) is 31.2 Å². The number of carbonyl (C=O) groups excluding carboxylic acids is 2. The number of rotatable bonds is 6. The van der Waals surface area contributed by atoms with Crippen molar-refractivity contribution in [1.82, 2.24) is 24.4 Å². The number of fused-ring (bicyclic) bond motifs is 1. The van der Waals surface area contributed by atoms with Crippen molar-refractivity contribution in [1.29, 1.82) is 0 Å². The van der Waals surface area contributed by atoms with Gasteiger partial charge in [-0.2, -0.15) is 4.98 Å². The summed E-state index contributed by atoms with van der Waals surface area (Å²) in [4.78, 5) is 39.9. The first-order valence-electron chi connectivity index (χ1n) is 14.1. The minimum atomic E-state index is -0.865. The summed E-state index contributed by atoms with van der Waals surface area (Å²) in [6.45, 7) is 6.53. The lowest BCUT2D eigenvalue weighted by atomic mass is 9.85. The summed E-state index contributed by atoms with van der Waals surface area (Å²) in [6.07, 6.45) is 5.22. The SMILES string of the molecule is CC(C)(C)OC(=O)N1CCC[C@@H](Nc2ncc3nc(Nc4c(F)cc(F)cc4Cl)n([C@H]4CC[C@H](C(N)=O)CC4)c3n2)C1. The molecule has 2 fully saturated rings. The molecule has 2 aromatic heterocycles. The highest BCUT2D eigenvalue weighted by molar-refractivity contribution is 6.33. The zero-order valence-corrected chi connectivity index (χ0v) is 24.5. The van der Waals surface area contributed by atoms with Crippen molar-refractivity contribution in [3.63, 3.8) is 0 Å². The van der Waals surface area contributed by atoms with Gasteiger partial charge in [-0.3, -0.25) is 9.36 Å². The van der Waals surface area contributed by atoms with Gasteiger partial charge in [-0.15, -0.1) is 0 Å². The second-order valence-electron chi connectivity index (χ2n) is 11.9. The zero-order chi connectivity index (χ0) is 30.2. The molecular formula is C28H35ClF2N8O3. The largest absolute Gasteiger partial charge is 0.444 e. The van der Waals surface area contributed by atoms with Gasteiger partial charge >= 0.3 is 6.09 Å². The van der Waals surface area contributed by atoms with Crippen molar-refractivity contribution >= 4 is 52.3 Å². The van der Waals surface area contributed by atoms with Crippen LogP contribution in [-0.2, 0) is 9.53 Å². The van der Waals surface area contributed by atoms with Crippen LogP contribution in [0.3, 0.4) is 0 Å². The lowest BCUT2D eigenvalue weighted by Crippen LogP contribution is -2.47. The van der Waals surface area contributed by atoms with Crippen molar-refractivity contribution in [2.75, 3.05) is 23.7 Å². The van der Waals surface area contributed by atoms with Crippen LogP contribution in [0, 0.1) is 17.6 Å². The maximum atomic E-state index is 14.7. The number of anilines is 3. The Morgan fingerprint density at radius 1 is 1.12 bits per heavy atom. The Morgan fingerprint density at radius 3 is 2.52 bits per heavy atom. The van der Waals surface area contributed by atoms with Gasteiger partial charge in [0.15, 0.2) is 11.5 Å². The first kappa shape index (κ1) is 29.7. The Balaban J connectivity index is 1.44. The number of carbonyl (C=O) groups is 2. The molecule has 1 aliphatic heterocycles. The van der Waals surface area contributed by atoms with E-state index in [2.05, 4.69) is 20.6 Å². The fourth-order valence-electron chi connectivity index (χ4n) is 5.56. The molecule has 0 unspecified atom stereocenters. The predicted octanol–water partition coefficient (Wildman–Crippen LogP) is 5.53. The standard InChI is InChI=1S/C28H35ClF2N8O3/c1-28(2,3)42-27(41)38-10-4-5-17(14-38)34-25-33-13-21-24(37-25)39(18-8-6-15(7-9-18)23(32)40)26(35-21)36-22-19(29)11-16(30)12-20(22)31/h11-13,15,17-18H,4-10,14H2,1-3H3,(H2,32,40)(H,35,36)(H,33,34,37)/t15-,17-,18-/m1/s1. The van der Waals surface area contributed by atoms with E-state index in [4.69, 9.17) is 27.1 Å². The molecule has 5 rings (SSSR count). The van der Waals surface area contributed by atoms with E-state index in [1.807, 2.05) is 25.3 Å². The summed E-state index contributed by atoms with van der Waals surface area (Å²) < 4.78 is 35.8. The number of amides is 2. The van der Waals surface area contributed by atoms with Gasteiger partial charge < -0.3 is 26.0 Å². The molecule has 1 saturated heterocycles. The molecule has 1 aromatic carbocycles. The molecule has 2 amide bonds. The topological polar surface area (TPSA) is 140 Å². The molecule has 14 heteroatoms. The number of nitrogens with zero attached hydrogens (tertiary/aromatic N) is 5. The summed E-state index contributed by atoms with van der Waals surface area (Å²) in [5, 5.41) is 6.14. The summed E-state index contributed by atoms with van der Waals surface area (Å²) >= 11 is 6.17. The van der Waals surface area contributed by atoms with E-state index < -0.39 is 17.2 Å². The van der Waals surface area contributed by atoms with E-state index in [0.717, 1.165) is 25.0 Å². The van der Waals surface area contributed by atoms with Crippen molar-refractivity contribution in [2.24, 2.45) is 11.7 Å². The number of nitrogens with two attached hydrogens (primary N) is 1. The molecular weight excluding hydrogens is 570 g/mol. The zero-order valence-electron chi connectivity index (χ0n) is 23.8. The summed E-state index contributed by atoms with van der Waals surface area (Å²) in [7, 11) is 0. The van der Waals surface area contributed by atoms with E-state index >= 15 is 0 Å². The Kier molecular flexibility index (Phi) is 8.40. The van der Waals surface area contributed by atoms with Gasteiger partial charge in [-0.05, 0) is 65.4 Å². The molecule has 1 saturated carbocycles. The molecule has 0 radical (unpaired) electrons. The molecule has 1 atom stereocenters. The third-order valence-electron chi connectivity index (χ3n) is 7.55. The number of piperidine rings is 1. The number of imidazole rings is 1. The molecule has 2 aliphatic rings. The van der Waals surface area contributed by atoms with Crippen LogP contribution in [0.5, 0.6) is 0 Å². The van der Waals surface area contributed by atoms with E-state index in [1.165, 1.54) is 0 Å². The van der Waals surface area contributed by atoms with Gasteiger partial charge in [0, 0.05) is 37.2 Å². The summed E-state index contributed by atoms with van der Waals surface area (Å²) in [5.41, 5.74) is 5.80. The van der Waals surface area contributed by atoms with Gasteiger partial charge in [0.1, 0.15) is 16.9 Å². The van der Waals surface area contributed by atoms with Crippen molar-refractivity contribution in [2.45, 2.75) is 77.0 Å². The molecule has 0 spiro atoms. The number of ether oxygens (including phenoxy) is 1. The Morgan fingerprint density at radius 2 is 1.86 bits per heavy atom. The van der Waals surface area contributed by atoms with Crippen LogP contribution >= 0.6 is 11.6 Å². The van der Waals surface area contributed by atoms with Crippen LogP contribution in [0.2, 0.25) is 5.02 Å². The number of halogens is 3. The molecule has 3 heterocycles. The Hall–Kier alpha value is -3.74. The highest BCUT2D eigenvalue weighted by Gasteiger charge is 2.31. The maximum Gasteiger partial charge on any atom is 0.410 e. The molecule has 226 valence electrons. The van der Waals surface area contributed by atoms with Gasteiger partial charge in [0.25, 0.3) is 0 Å². The van der Waals surface area contributed by atoms with Crippen molar-refractivity contribution in [3.8, 4) is 0 Å². The second-order valence-corrected chi connectivity index (χ2v) is 12.3. The van der Waals surface area contributed by atoms with E-state index in [-0.39, 0.29) is 46.7 Å². The number of primary amides is 1. The Bertz CT molecular complexity index is 1460. The van der Waals surface area contributed by atoms with Crippen LogP contribution in [-0.4, -0.2) is 61.2 Å². The van der Waals surface area contributed by atoms with E-state index in [9.17, 15) is 18.4 Å². The van der Waals surface area contributed by atoms with Crippen LogP contribution in [0.1, 0.15) is 65.3 Å². The first-order chi connectivity index (χ1) is 19.9. The number of aromatic nitrogens is 4. The van der Waals surface area contributed by atoms with Gasteiger partial charge in [-0.25, -0.2) is 23.5 Å². The molecule has 3 aromatic rings. The lowest BCUT2D eigenvalue weighted by Gasteiger charge is -2.34. The molecule has 4 N–H and O–H groups in total. The first-order valence-corrected chi connectivity index (χ1v) is 14.5.